The molecule has 0 bridgehead atoms. The highest BCUT2D eigenvalue weighted by molar-refractivity contribution is 7.18. The van der Waals surface area contributed by atoms with Crippen molar-refractivity contribution in [3.8, 4) is 22.1 Å². The van der Waals surface area contributed by atoms with Crippen LogP contribution < -0.4 is 15.6 Å². The maximum atomic E-state index is 5.82. The fourth-order valence-electron chi connectivity index (χ4n) is 1.79. The van der Waals surface area contributed by atoms with Crippen LogP contribution in [0.5, 0.6) is 11.5 Å². The van der Waals surface area contributed by atoms with E-state index in [9.17, 15) is 0 Å². The van der Waals surface area contributed by atoms with Crippen LogP contribution in [0.3, 0.4) is 0 Å². The Bertz CT molecular complexity index is 727. The van der Waals surface area contributed by atoms with Crippen molar-refractivity contribution in [3.63, 3.8) is 0 Å². The van der Waals surface area contributed by atoms with Gasteiger partial charge in [-0.15, -0.1) is 10.2 Å². The fraction of sp³-hybridized carbons (Fsp3) is 0.0667. The molecule has 0 saturated heterocycles. The zero-order valence-electron chi connectivity index (χ0n) is 11.4. The largest absolute Gasteiger partial charge is 0.457 e. The number of hydrogen-bond donors (Lipinski definition) is 1. The Kier molecular flexibility index (Phi) is 3.81. The molecule has 1 heterocycles. The topological polar surface area (TPSA) is 64.3 Å². The van der Waals surface area contributed by atoms with Crippen LogP contribution in [0.15, 0.2) is 54.6 Å². The lowest BCUT2D eigenvalue weighted by Crippen LogP contribution is -2.24. The predicted molar refractivity (Wildman–Crippen MR) is 84.5 cm³/mol. The second kappa shape index (κ2) is 5.90. The van der Waals surface area contributed by atoms with Crippen molar-refractivity contribution in [2.24, 2.45) is 5.84 Å². The Balaban J connectivity index is 1.85. The summed E-state index contributed by atoms with van der Waals surface area (Å²) < 4.78 is 5.82. The molecule has 21 heavy (non-hydrogen) atoms. The number of nitrogens with two attached hydrogens (primary N) is 1. The molecular weight excluding hydrogens is 284 g/mol. The number of hydrazine groups is 1. The molecule has 106 valence electrons. The quantitative estimate of drug-likeness (QED) is 0.591. The van der Waals surface area contributed by atoms with Crippen molar-refractivity contribution in [1.82, 2.24) is 10.2 Å². The lowest BCUT2D eigenvalue weighted by Gasteiger charge is -2.06. The minimum Gasteiger partial charge on any atom is -0.457 e. The molecule has 0 fully saturated rings. The van der Waals surface area contributed by atoms with Crippen molar-refractivity contribution in [2.75, 3.05) is 12.1 Å². The fourth-order valence-corrected chi connectivity index (χ4v) is 2.52. The third-order valence-corrected chi connectivity index (χ3v) is 3.84. The van der Waals surface area contributed by atoms with Gasteiger partial charge in [0.2, 0.25) is 5.13 Å². The van der Waals surface area contributed by atoms with Crippen LogP contribution in [0.1, 0.15) is 0 Å². The van der Waals surface area contributed by atoms with E-state index in [1.807, 2.05) is 54.6 Å². The van der Waals surface area contributed by atoms with E-state index < -0.39 is 0 Å². The number of para-hydroxylation sites is 1. The summed E-state index contributed by atoms with van der Waals surface area (Å²) in [5.74, 6) is 7.21. The summed E-state index contributed by atoms with van der Waals surface area (Å²) in [7, 11) is 1.74. The second-order valence-electron chi connectivity index (χ2n) is 4.44. The Morgan fingerprint density at radius 2 is 1.76 bits per heavy atom. The van der Waals surface area contributed by atoms with Gasteiger partial charge in [-0.3, -0.25) is 5.01 Å². The first-order valence-electron chi connectivity index (χ1n) is 6.37. The maximum absolute atomic E-state index is 5.82. The molecular formula is C15H14N4OS. The number of nitrogens with zero attached hydrogens (tertiary/aromatic N) is 3. The van der Waals surface area contributed by atoms with Gasteiger partial charge in [-0.1, -0.05) is 41.7 Å². The zero-order valence-corrected chi connectivity index (χ0v) is 12.2. The summed E-state index contributed by atoms with van der Waals surface area (Å²) in [6.45, 7) is 0. The van der Waals surface area contributed by atoms with Gasteiger partial charge in [-0.25, -0.2) is 5.84 Å². The molecule has 3 rings (SSSR count). The summed E-state index contributed by atoms with van der Waals surface area (Å²) in [5, 5.41) is 11.1. The molecule has 0 saturated carbocycles. The summed E-state index contributed by atoms with van der Waals surface area (Å²) in [4.78, 5) is 0. The number of hydrogen-bond acceptors (Lipinski definition) is 6. The lowest BCUT2D eigenvalue weighted by molar-refractivity contribution is 0.483. The van der Waals surface area contributed by atoms with Crippen LogP contribution in [0.2, 0.25) is 0 Å². The van der Waals surface area contributed by atoms with Crippen LogP contribution in [0.25, 0.3) is 10.6 Å². The maximum Gasteiger partial charge on any atom is 0.222 e. The molecule has 0 aliphatic carbocycles. The van der Waals surface area contributed by atoms with Gasteiger partial charge in [0.1, 0.15) is 16.5 Å². The van der Waals surface area contributed by atoms with Gasteiger partial charge in [-0.05, 0) is 24.3 Å². The number of aromatic nitrogens is 2. The second-order valence-corrected chi connectivity index (χ2v) is 5.40. The number of benzene rings is 2. The summed E-state index contributed by atoms with van der Waals surface area (Å²) >= 11 is 1.43. The van der Waals surface area contributed by atoms with Crippen molar-refractivity contribution in [3.05, 3.63) is 54.6 Å². The highest BCUT2D eigenvalue weighted by atomic mass is 32.1. The van der Waals surface area contributed by atoms with Crippen molar-refractivity contribution in [1.29, 1.82) is 0 Å². The molecule has 0 atom stereocenters. The first kappa shape index (κ1) is 13.5. The van der Waals surface area contributed by atoms with Gasteiger partial charge in [0, 0.05) is 12.6 Å². The van der Waals surface area contributed by atoms with Gasteiger partial charge in [0.25, 0.3) is 0 Å². The molecule has 0 aliphatic heterocycles. The standard InChI is InChI=1S/C15H14N4OS/c1-19(16)15-18-17-14(21-15)11-6-5-9-13(10-11)20-12-7-3-2-4-8-12/h2-10H,16H2,1H3. The first-order chi connectivity index (χ1) is 10.2. The molecule has 1 aromatic heterocycles. The van der Waals surface area contributed by atoms with E-state index in [2.05, 4.69) is 10.2 Å². The van der Waals surface area contributed by atoms with Crippen LogP contribution in [0, 0.1) is 0 Å². The predicted octanol–water partition coefficient (Wildman–Crippen LogP) is 3.31. The van der Waals surface area contributed by atoms with Crippen LogP contribution >= 0.6 is 11.3 Å². The van der Waals surface area contributed by atoms with Crippen molar-refractivity contribution < 1.29 is 4.74 Å². The van der Waals surface area contributed by atoms with Crippen LogP contribution in [0.4, 0.5) is 5.13 Å². The molecule has 6 heteroatoms. The normalized spacial score (nSPS) is 10.4. The Morgan fingerprint density at radius 1 is 1.00 bits per heavy atom. The van der Waals surface area contributed by atoms with Gasteiger partial charge >= 0.3 is 0 Å². The third-order valence-electron chi connectivity index (χ3n) is 2.78. The smallest absolute Gasteiger partial charge is 0.222 e. The first-order valence-corrected chi connectivity index (χ1v) is 7.19. The summed E-state index contributed by atoms with van der Waals surface area (Å²) in [5.41, 5.74) is 0.953. The van der Waals surface area contributed by atoms with E-state index in [0.717, 1.165) is 22.1 Å². The molecule has 0 unspecified atom stereocenters. The van der Waals surface area contributed by atoms with Gasteiger partial charge in [0.05, 0.1) is 0 Å². The minimum atomic E-state index is 0.666. The van der Waals surface area contributed by atoms with E-state index in [1.165, 1.54) is 16.3 Å². The molecule has 0 aliphatic rings. The number of ether oxygens (including phenoxy) is 1. The monoisotopic (exact) mass is 298 g/mol. The molecule has 0 radical (unpaired) electrons. The number of anilines is 1. The number of rotatable bonds is 4. The molecule has 0 spiro atoms. The third kappa shape index (κ3) is 3.18. The summed E-state index contributed by atoms with van der Waals surface area (Å²) in [6.07, 6.45) is 0. The van der Waals surface area contributed by atoms with E-state index in [-0.39, 0.29) is 0 Å². The molecule has 0 amide bonds. The Labute approximate surface area is 126 Å². The molecule has 5 nitrogen and oxygen atoms in total. The highest BCUT2D eigenvalue weighted by Gasteiger charge is 2.09. The lowest BCUT2D eigenvalue weighted by atomic mass is 10.2. The van der Waals surface area contributed by atoms with Gasteiger partial charge in [0.15, 0.2) is 0 Å². The van der Waals surface area contributed by atoms with Crippen molar-refractivity contribution in [2.45, 2.75) is 0 Å². The van der Waals surface area contributed by atoms with Gasteiger partial charge < -0.3 is 4.74 Å². The Hall–Kier alpha value is -2.44. The van der Waals surface area contributed by atoms with Gasteiger partial charge in [-0.2, -0.15) is 0 Å². The average Bonchev–Trinajstić information content (AvgIpc) is 2.99. The molecule has 2 aromatic carbocycles. The van der Waals surface area contributed by atoms with Crippen molar-refractivity contribution >= 4 is 16.5 Å². The Morgan fingerprint density at radius 3 is 2.48 bits per heavy atom. The molecule has 2 N–H and O–H groups in total. The van der Waals surface area contributed by atoms with E-state index in [4.69, 9.17) is 10.6 Å². The van der Waals surface area contributed by atoms with Crippen LogP contribution in [-0.2, 0) is 0 Å². The van der Waals surface area contributed by atoms with E-state index in [0.29, 0.717) is 5.13 Å². The highest BCUT2D eigenvalue weighted by Crippen LogP contribution is 2.30. The molecule has 3 aromatic rings. The van der Waals surface area contributed by atoms with E-state index in [1.54, 1.807) is 7.05 Å². The SMILES string of the molecule is CN(N)c1nnc(-c2cccc(Oc3ccccc3)c2)s1. The van der Waals surface area contributed by atoms with E-state index >= 15 is 0 Å². The van der Waals surface area contributed by atoms with Crippen LogP contribution in [-0.4, -0.2) is 17.2 Å². The zero-order chi connectivity index (χ0) is 14.7. The average molecular weight is 298 g/mol. The minimum absolute atomic E-state index is 0.666. The summed E-state index contributed by atoms with van der Waals surface area (Å²) in [6, 6.07) is 17.4.